The van der Waals surface area contributed by atoms with Crippen LogP contribution in [-0.2, 0) is 0 Å². The molecule has 0 saturated heterocycles. The van der Waals surface area contributed by atoms with Crippen LogP contribution in [0.5, 0.6) is 0 Å². The number of benzene rings is 9. The summed E-state index contributed by atoms with van der Waals surface area (Å²) in [5.74, 6) is 0. The minimum atomic E-state index is 0.840. The van der Waals surface area contributed by atoms with Crippen molar-refractivity contribution in [3.05, 3.63) is 212 Å². The van der Waals surface area contributed by atoms with Crippen LogP contribution in [0.2, 0.25) is 0 Å². The van der Waals surface area contributed by atoms with Gasteiger partial charge in [0.15, 0.2) is 11.2 Å². The Morgan fingerprint density at radius 3 is 1.57 bits per heavy atom. The molecular weight excluding hydrogens is 707 g/mol. The molecule has 0 N–H and O–H groups in total. The molecule has 4 heteroatoms. The number of para-hydroxylation sites is 5. The van der Waals surface area contributed by atoms with E-state index in [1.807, 2.05) is 0 Å². The van der Waals surface area contributed by atoms with E-state index in [1.165, 1.54) is 43.7 Å². The van der Waals surface area contributed by atoms with Gasteiger partial charge in [0.05, 0.1) is 22.2 Å². The molecule has 0 atom stereocenters. The fraction of sp³-hybridized carbons (Fsp3) is 0. The molecule has 0 aliphatic heterocycles. The Bertz CT molecular complexity index is 3440. The average molecular weight is 742 g/mol. The highest BCUT2D eigenvalue weighted by Crippen LogP contribution is 2.46. The molecule has 12 aromatic rings. The number of hydrogen-bond donors (Lipinski definition) is 0. The van der Waals surface area contributed by atoms with E-state index in [9.17, 15) is 0 Å². The number of aromatic nitrogens is 2. The van der Waals surface area contributed by atoms with Gasteiger partial charge < -0.3 is 18.5 Å². The number of rotatable bonds is 6. The monoisotopic (exact) mass is 741 g/mol. The van der Waals surface area contributed by atoms with Gasteiger partial charge in [0.1, 0.15) is 5.52 Å². The van der Waals surface area contributed by atoms with Gasteiger partial charge >= 0.3 is 0 Å². The fourth-order valence-corrected chi connectivity index (χ4v) is 9.14. The van der Waals surface area contributed by atoms with Gasteiger partial charge in [-0.25, -0.2) is 0 Å². The SMILES string of the molecule is c1ccc(-n2c3ccccc3c3oc4c(N(c5ccc(-c6cccc7ccccc67)cc5)c5ccc(-n6c7ccccc7c7ccccc76)cc5)cccc4c32)cc1. The molecule has 3 heterocycles. The maximum atomic E-state index is 7.08. The zero-order valence-corrected chi connectivity index (χ0v) is 31.5. The second-order valence-corrected chi connectivity index (χ2v) is 14.9. The Morgan fingerprint density at radius 2 is 0.862 bits per heavy atom. The molecule has 0 saturated carbocycles. The quantitative estimate of drug-likeness (QED) is 0.170. The summed E-state index contributed by atoms with van der Waals surface area (Å²) in [5, 5.41) is 7.13. The second-order valence-electron chi connectivity index (χ2n) is 14.9. The standard InChI is InChI=1S/C54H35N3O/c1-2-16-38(17-3-1)57-50-26-11-8-21-46(50)54-52(57)47-23-13-27-51(53(47)58-54)55(39-30-28-37(29-31-39)43-22-12-15-36-14-4-5-18-42(36)43)40-32-34-41(35-33-40)56-48-24-9-6-19-44(48)45-20-7-10-25-49(45)56/h1-35H. The molecule has 0 aliphatic rings. The van der Waals surface area contributed by atoms with Crippen molar-refractivity contribution in [1.82, 2.24) is 9.13 Å². The third-order valence-electron chi connectivity index (χ3n) is 11.7. The van der Waals surface area contributed by atoms with Gasteiger partial charge in [-0.15, -0.1) is 0 Å². The van der Waals surface area contributed by atoms with Crippen LogP contribution in [0, 0.1) is 0 Å². The topological polar surface area (TPSA) is 26.2 Å². The van der Waals surface area contributed by atoms with Gasteiger partial charge in [0.2, 0.25) is 0 Å². The van der Waals surface area contributed by atoms with E-state index in [4.69, 9.17) is 4.42 Å². The third-order valence-corrected chi connectivity index (χ3v) is 11.7. The van der Waals surface area contributed by atoms with Crippen LogP contribution in [-0.4, -0.2) is 9.13 Å². The van der Waals surface area contributed by atoms with E-state index in [1.54, 1.807) is 0 Å². The van der Waals surface area contributed by atoms with Crippen molar-refractivity contribution in [2.45, 2.75) is 0 Å². The van der Waals surface area contributed by atoms with E-state index in [0.29, 0.717) is 0 Å². The predicted octanol–water partition coefficient (Wildman–Crippen LogP) is 14.9. The van der Waals surface area contributed by atoms with E-state index >= 15 is 0 Å². The smallest absolute Gasteiger partial charge is 0.161 e. The molecule has 0 bridgehead atoms. The Balaban J connectivity index is 1.07. The highest BCUT2D eigenvalue weighted by Gasteiger charge is 2.24. The summed E-state index contributed by atoms with van der Waals surface area (Å²) in [4.78, 5) is 2.34. The molecule has 3 aromatic heterocycles. The minimum Gasteiger partial charge on any atom is -0.451 e. The van der Waals surface area contributed by atoms with Crippen molar-refractivity contribution in [3.8, 4) is 22.5 Å². The Kier molecular flexibility index (Phi) is 7.20. The van der Waals surface area contributed by atoms with E-state index in [2.05, 4.69) is 226 Å². The van der Waals surface area contributed by atoms with E-state index < -0.39 is 0 Å². The van der Waals surface area contributed by atoms with Crippen molar-refractivity contribution in [2.24, 2.45) is 0 Å². The summed E-state index contributed by atoms with van der Waals surface area (Å²) in [5.41, 5.74) is 13.9. The lowest BCUT2D eigenvalue weighted by atomic mass is 9.98. The van der Waals surface area contributed by atoms with Crippen molar-refractivity contribution in [2.75, 3.05) is 4.90 Å². The Morgan fingerprint density at radius 1 is 0.345 bits per heavy atom. The van der Waals surface area contributed by atoms with Gasteiger partial charge in [-0.3, -0.25) is 0 Å². The summed E-state index contributed by atoms with van der Waals surface area (Å²) >= 11 is 0. The zero-order valence-electron chi connectivity index (χ0n) is 31.5. The molecule has 4 nitrogen and oxygen atoms in total. The lowest BCUT2D eigenvalue weighted by Gasteiger charge is -2.26. The number of furan rings is 1. The first-order valence-electron chi connectivity index (χ1n) is 19.8. The first-order chi connectivity index (χ1) is 28.8. The molecular formula is C54H35N3O. The summed E-state index contributed by atoms with van der Waals surface area (Å²) in [6.07, 6.45) is 0. The molecule has 58 heavy (non-hydrogen) atoms. The van der Waals surface area contributed by atoms with Gasteiger partial charge in [0, 0.05) is 44.3 Å². The van der Waals surface area contributed by atoms with Crippen LogP contribution in [0.3, 0.4) is 0 Å². The Hall–Kier alpha value is -7.82. The van der Waals surface area contributed by atoms with Crippen molar-refractivity contribution < 1.29 is 4.42 Å². The molecule has 272 valence electrons. The first kappa shape index (κ1) is 32.4. The largest absolute Gasteiger partial charge is 0.451 e. The van der Waals surface area contributed by atoms with Gasteiger partial charge in [-0.2, -0.15) is 0 Å². The van der Waals surface area contributed by atoms with E-state index in [0.717, 1.165) is 61.4 Å². The lowest BCUT2D eigenvalue weighted by Crippen LogP contribution is -2.10. The molecule has 0 radical (unpaired) electrons. The summed E-state index contributed by atoms with van der Waals surface area (Å²) in [7, 11) is 0. The molecule has 0 fully saturated rings. The highest BCUT2D eigenvalue weighted by atomic mass is 16.3. The normalized spacial score (nSPS) is 11.8. The highest BCUT2D eigenvalue weighted by molar-refractivity contribution is 6.19. The predicted molar refractivity (Wildman–Crippen MR) is 243 cm³/mol. The summed E-state index contributed by atoms with van der Waals surface area (Å²) in [6, 6.07) is 76.0. The first-order valence-corrected chi connectivity index (χ1v) is 19.8. The average Bonchev–Trinajstić information content (AvgIpc) is 3.95. The van der Waals surface area contributed by atoms with Gasteiger partial charge in [-0.05, 0) is 107 Å². The van der Waals surface area contributed by atoms with Crippen LogP contribution in [0.4, 0.5) is 17.1 Å². The maximum absolute atomic E-state index is 7.08. The second kappa shape index (κ2) is 12.9. The van der Waals surface area contributed by atoms with Crippen LogP contribution in [0.15, 0.2) is 217 Å². The number of anilines is 3. The molecule has 0 spiro atoms. The summed E-state index contributed by atoms with van der Waals surface area (Å²) < 4.78 is 11.8. The number of nitrogens with zero attached hydrogens (tertiary/aromatic N) is 3. The van der Waals surface area contributed by atoms with Crippen molar-refractivity contribution in [1.29, 1.82) is 0 Å². The maximum Gasteiger partial charge on any atom is 0.161 e. The van der Waals surface area contributed by atoms with Crippen LogP contribution in [0.1, 0.15) is 0 Å². The van der Waals surface area contributed by atoms with Crippen molar-refractivity contribution in [3.63, 3.8) is 0 Å². The van der Waals surface area contributed by atoms with Crippen LogP contribution in [0.25, 0.3) is 88.1 Å². The summed E-state index contributed by atoms with van der Waals surface area (Å²) in [6.45, 7) is 0. The lowest BCUT2D eigenvalue weighted by molar-refractivity contribution is 0.673. The minimum absolute atomic E-state index is 0.840. The van der Waals surface area contributed by atoms with Gasteiger partial charge in [-0.1, -0.05) is 127 Å². The molecule has 9 aromatic carbocycles. The Labute approximate surface area is 334 Å². The van der Waals surface area contributed by atoms with Crippen LogP contribution >= 0.6 is 0 Å². The zero-order chi connectivity index (χ0) is 38.2. The molecule has 0 aliphatic carbocycles. The van der Waals surface area contributed by atoms with E-state index in [-0.39, 0.29) is 0 Å². The number of fused-ring (bicyclic) bond motifs is 9. The van der Waals surface area contributed by atoms with Gasteiger partial charge in [0.25, 0.3) is 0 Å². The number of hydrogen-bond acceptors (Lipinski definition) is 2. The molecule has 12 rings (SSSR count). The molecule has 0 unspecified atom stereocenters. The fourth-order valence-electron chi connectivity index (χ4n) is 9.14. The molecule has 0 amide bonds. The van der Waals surface area contributed by atoms with Crippen LogP contribution < -0.4 is 4.90 Å². The van der Waals surface area contributed by atoms with Crippen molar-refractivity contribution >= 4 is 82.6 Å². The third kappa shape index (κ3) is 4.88.